The molecule has 0 aliphatic heterocycles. The van der Waals surface area contributed by atoms with Crippen LogP contribution in [0.25, 0.3) is 10.2 Å². The minimum Gasteiger partial charge on any atom is -0.506 e. The Hall–Kier alpha value is -2.31. The standard InChI is InChI=1S/C20H19ClN2O3S/c1-9-3-6-12-14(7-9)27-20-15(12)17(24)16(19(26)23-20)18(25)22-11-5-4-10(2)13(21)8-11/h4-5,8-9H,3,6-7H2,1-2H3,(H,22,25)(H2,23,24,26). The molecule has 0 saturated carbocycles. The molecule has 140 valence electrons. The molecule has 4 rings (SSSR count). The maximum atomic E-state index is 12.7. The van der Waals surface area contributed by atoms with Gasteiger partial charge in [-0.15, -0.1) is 11.3 Å². The number of aromatic amines is 1. The number of hydrogen-bond donors (Lipinski definition) is 3. The molecular weight excluding hydrogens is 384 g/mol. The van der Waals surface area contributed by atoms with Gasteiger partial charge in [0.1, 0.15) is 16.1 Å². The predicted octanol–water partition coefficient (Wildman–Crippen LogP) is 4.63. The molecule has 3 aromatic rings. The summed E-state index contributed by atoms with van der Waals surface area (Å²) in [6.07, 6.45) is 2.80. The van der Waals surface area contributed by atoms with Crippen molar-refractivity contribution in [3.63, 3.8) is 0 Å². The van der Waals surface area contributed by atoms with Gasteiger partial charge in [0, 0.05) is 15.6 Å². The zero-order valence-corrected chi connectivity index (χ0v) is 16.6. The van der Waals surface area contributed by atoms with Crippen LogP contribution in [0.4, 0.5) is 5.69 Å². The SMILES string of the molecule is Cc1ccc(NC(=O)c2c(O)c3c4c(sc3[nH]c2=O)CC(C)CC4)cc1Cl. The second-order valence-corrected chi connectivity index (χ2v) is 8.66. The van der Waals surface area contributed by atoms with Crippen molar-refractivity contribution in [3.8, 4) is 5.75 Å². The molecule has 0 saturated heterocycles. The summed E-state index contributed by atoms with van der Waals surface area (Å²) >= 11 is 7.59. The first-order chi connectivity index (χ1) is 12.8. The molecule has 1 unspecified atom stereocenters. The lowest BCUT2D eigenvalue weighted by atomic mass is 9.89. The molecule has 0 bridgehead atoms. The van der Waals surface area contributed by atoms with Crippen LogP contribution in [0.3, 0.4) is 0 Å². The summed E-state index contributed by atoms with van der Waals surface area (Å²) in [5, 5.41) is 14.6. The molecule has 1 aliphatic rings. The number of halogens is 1. The van der Waals surface area contributed by atoms with Gasteiger partial charge in [0.25, 0.3) is 11.5 Å². The van der Waals surface area contributed by atoms with Crippen LogP contribution in [0.1, 0.15) is 39.7 Å². The van der Waals surface area contributed by atoms with E-state index in [1.807, 2.05) is 6.92 Å². The number of aromatic hydroxyl groups is 1. The highest BCUT2D eigenvalue weighted by Crippen LogP contribution is 2.41. The molecule has 2 heterocycles. The van der Waals surface area contributed by atoms with E-state index < -0.39 is 11.5 Å². The van der Waals surface area contributed by atoms with Gasteiger partial charge >= 0.3 is 0 Å². The van der Waals surface area contributed by atoms with Crippen LogP contribution in [-0.4, -0.2) is 16.0 Å². The Bertz CT molecular complexity index is 1130. The molecular formula is C20H19ClN2O3S. The molecule has 1 aliphatic carbocycles. The Morgan fingerprint density at radius 1 is 1.41 bits per heavy atom. The molecule has 1 aromatic carbocycles. The maximum Gasteiger partial charge on any atom is 0.265 e. The van der Waals surface area contributed by atoms with Crippen LogP contribution >= 0.6 is 22.9 Å². The Morgan fingerprint density at radius 2 is 2.19 bits per heavy atom. The molecule has 5 nitrogen and oxygen atoms in total. The molecule has 7 heteroatoms. The lowest BCUT2D eigenvalue weighted by Crippen LogP contribution is -2.23. The number of carbonyl (C=O) groups excluding carboxylic acids is 1. The van der Waals surface area contributed by atoms with Crippen molar-refractivity contribution in [2.24, 2.45) is 5.92 Å². The first-order valence-corrected chi connectivity index (χ1v) is 10.0. The Labute approximate surface area is 165 Å². The van der Waals surface area contributed by atoms with E-state index in [0.29, 0.717) is 26.8 Å². The number of rotatable bonds is 2. The van der Waals surface area contributed by atoms with Crippen LogP contribution in [0.5, 0.6) is 5.75 Å². The lowest BCUT2D eigenvalue weighted by molar-refractivity contribution is 0.102. The van der Waals surface area contributed by atoms with Crippen LogP contribution in [0, 0.1) is 12.8 Å². The van der Waals surface area contributed by atoms with Crippen molar-refractivity contribution in [2.75, 3.05) is 5.32 Å². The summed E-state index contributed by atoms with van der Waals surface area (Å²) < 4.78 is 0. The van der Waals surface area contributed by atoms with Crippen molar-refractivity contribution >= 4 is 44.7 Å². The number of benzene rings is 1. The molecule has 27 heavy (non-hydrogen) atoms. The number of amides is 1. The topological polar surface area (TPSA) is 82.2 Å². The predicted molar refractivity (Wildman–Crippen MR) is 109 cm³/mol. The fourth-order valence-electron chi connectivity index (χ4n) is 3.56. The van der Waals surface area contributed by atoms with E-state index in [9.17, 15) is 14.7 Å². The Balaban J connectivity index is 1.78. The van der Waals surface area contributed by atoms with Crippen molar-refractivity contribution in [1.82, 2.24) is 4.98 Å². The summed E-state index contributed by atoms with van der Waals surface area (Å²) in [5.74, 6) is -0.315. The third kappa shape index (κ3) is 3.13. The number of fused-ring (bicyclic) bond motifs is 3. The number of hydrogen-bond acceptors (Lipinski definition) is 4. The zero-order chi connectivity index (χ0) is 19.3. The summed E-state index contributed by atoms with van der Waals surface area (Å²) in [7, 11) is 0. The number of H-pyrrole nitrogens is 1. The monoisotopic (exact) mass is 402 g/mol. The van der Waals surface area contributed by atoms with Gasteiger partial charge in [-0.05, 0) is 55.4 Å². The van der Waals surface area contributed by atoms with E-state index in [1.165, 1.54) is 16.2 Å². The van der Waals surface area contributed by atoms with E-state index in [-0.39, 0.29) is 11.3 Å². The van der Waals surface area contributed by atoms with Gasteiger partial charge in [-0.25, -0.2) is 0 Å². The second kappa shape index (κ2) is 6.69. The third-order valence-corrected chi connectivity index (χ3v) is 6.67. The van der Waals surface area contributed by atoms with Crippen molar-refractivity contribution in [2.45, 2.75) is 33.1 Å². The third-order valence-electron chi connectivity index (χ3n) is 5.10. The average Bonchev–Trinajstić information content (AvgIpc) is 2.95. The van der Waals surface area contributed by atoms with Crippen molar-refractivity contribution < 1.29 is 9.90 Å². The highest BCUT2D eigenvalue weighted by molar-refractivity contribution is 7.18. The molecule has 0 fully saturated rings. The number of thiophene rings is 1. The van der Waals surface area contributed by atoms with E-state index >= 15 is 0 Å². The molecule has 1 atom stereocenters. The Kier molecular flexibility index (Phi) is 4.48. The summed E-state index contributed by atoms with van der Waals surface area (Å²) in [6, 6.07) is 5.10. The number of pyridine rings is 1. The smallest absolute Gasteiger partial charge is 0.265 e. The average molecular weight is 403 g/mol. The van der Waals surface area contributed by atoms with Crippen molar-refractivity contribution in [3.05, 3.63) is 55.1 Å². The molecule has 2 aromatic heterocycles. The minimum atomic E-state index is -0.653. The highest BCUT2D eigenvalue weighted by atomic mass is 35.5. The van der Waals surface area contributed by atoms with Crippen LogP contribution in [0.15, 0.2) is 23.0 Å². The summed E-state index contributed by atoms with van der Waals surface area (Å²) in [6.45, 7) is 4.06. The number of nitrogens with one attached hydrogen (secondary N) is 2. The molecule has 0 radical (unpaired) electrons. The maximum absolute atomic E-state index is 12.7. The zero-order valence-electron chi connectivity index (χ0n) is 15.0. The Morgan fingerprint density at radius 3 is 2.93 bits per heavy atom. The van der Waals surface area contributed by atoms with Gasteiger partial charge in [-0.3, -0.25) is 9.59 Å². The van der Waals surface area contributed by atoms with Crippen LogP contribution < -0.4 is 10.9 Å². The second-order valence-electron chi connectivity index (χ2n) is 7.15. The quantitative estimate of drug-likeness (QED) is 0.584. The first-order valence-electron chi connectivity index (χ1n) is 8.82. The molecule has 1 amide bonds. The number of anilines is 1. The van der Waals surface area contributed by atoms with Crippen molar-refractivity contribution in [1.29, 1.82) is 0 Å². The van der Waals surface area contributed by atoms with Crippen LogP contribution in [-0.2, 0) is 12.8 Å². The van der Waals surface area contributed by atoms with E-state index in [4.69, 9.17) is 11.6 Å². The van der Waals surface area contributed by atoms with E-state index in [0.717, 1.165) is 30.4 Å². The van der Waals surface area contributed by atoms with E-state index in [2.05, 4.69) is 17.2 Å². The van der Waals surface area contributed by atoms with Gasteiger partial charge in [0.2, 0.25) is 0 Å². The summed E-state index contributed by atoms with van der Waals surface area (Å²) in [4.78, 5) is 29.8. The largest absolute Gasteiger partial charge is 0.506 e. The number of carbonyl (C=O) groups is 1. The fourth-order valence-corrected chi connectivity index (χ4v) is 5.15. The fraction of sp³-hybridized carbons (Fsp3) is 0.300. The van der Waals surface area contributed by atoms with E-state index in [1.54, 1.807) is 18.2 Å². The van der Waals surface area contributed by atoms with Gasteiger partial charge in [-0.1, -0.05) is 24.6 Å². The summed E-state index contributed by atoms with van der Waals surface area (Å²) in [5.41, 5.74) is 1.54. The van der Waals surface area contributed by atoms with Gasteiger partial charge < -0.3 is 15.4 Å². The molecule has 0 spiro atoms. The molecule has 3 N–H and O–H groups in total. The number of aryl methyl sites for hydroxylation is 2. The minimum absolute atomic E-state index is 0.239. The first kappa shape index (κ1) is 18.1. The van der Waals surface area contributed by atoms with Crippen LogP contribution in [0.2, 0.25) is 5.02 Å². The number of aromatic nitrogens is 1. The normalized spacial score (nSPS) is 16.3. The van der Waals surface area contributed by atoms with Gasteiger partial charge in [0.05, 0.1) is 5.39 Å². The lowest BCUT2D eigenvalue weighted by Gasteiger charge is -2.18. The van der Waals surface area contributed by atoms with Gasteiger partial charge in [0.15, 0.2) is 0 Å². The van der Waals surface area contributed by atoms with Gasteiger partial charge in [-0.2, -0.15) is 0 Å². The highest BCUT2D eigenvalue weighted by Gasteiger charge is 2.27.